The van der Waals surface area contributed by atoms with E-state index in [1.165, 1.54) is 13.0 Å². The Morgan fingerprint density at radius 3 is 2.70 bits per heavy atom. The lowest BCUT2D eigenvalue weighted by Gasteiger charge is -2.27. The second-order valence-electron chi connectivity index (χ2n) is 7.69. The van der Waals surface area contributed by atoms with Crippen LogP contribution >= 0.6 is 11.6 Å². The van der Waals surface area contributed by atoms with Crippen LogP contribution in [0.3, 0.4) is 0 Å². The monoisotopic (exact) mass is 391 g/mol. The van der Waals surface area contributed by atoms with E-state index in [1.54, 1.807) is 6.20 Å². The molecule has 1 aromatic heterocycles. The molecule has 5 nitrogen and oxygen atoms in total. The van der Waals surface area contributed by atoms with Gasteiger partial charge < -0.3 is 15.2 Å². The molecular weight excluding hydrogens is 369 g/mol. The van der Waals surface area contributed by atoms with E-state index >= 15 is 4.39 Å². The number of halogens is 2. The van der Waals surface area contributed by atoms with Crippen LogP contribution in [-0.4, -0.2) is 29.5 Å². The Bertz CT molecular complexity index is 984. The average Bonchev–Trinajstić information content (AvgIpc) is 3.44. The molecule has 4 rings (SSSR count). The number of benzene rings is 1. The van der Waals surface area contributed by atoms with Gasteiger partial charge in [-0.15, -0.1) is 0 Å². The maximum absolute atomic E-state index is 15.1. The van der Waals surface area contributed by atoms with Crippen molar-refractivity contribution in [3.8, 4) is 0 Å². The fourth-order valence-electron chi connectivity index (χ4n) is 3.99. The first-order chi connectivity index (χ1) is 12.9. The summed E-state index contributed by atoms with van der Waals surface area (Å²) in [6, 6.07) is 1.39. The van der Waals surface area contributed by atoms with Crippen molar-refractivity contribution in [3.05, 3.63) is 38.9 Å². The first kappa shape index (κ1) is 18.4. The van der Waals surface area contributed by atoms with Crippen molar-refractivity contribution in [1.29, 1.82) is 0 Å². The summed E-state index contributed by atoms with van der Waals surface area (Å²) in [6.45, 7) is 2.56. The zero-order valence-corrected chi connectivity index (χ0v) is 16.1. The number of pyridine rings is 1. The molecule has 2 fully saturated rings. The fourth-order valence-corrected chi connectivity index (χ4v) is 4.40. The highest BCUT2D eigenvalue weighted by Gasteiger charge is 2.30. The summed E-state index contributed by atoms with van der Waals surface area (Å²) in [5.41, 5.74) is 6.58. The summed E-state index contributed by atoms with van der Waals surface area (Å²) in [5.74, 6) is -0.864. The molecule has 27 heavy (non-hydrogen) atoms. The number of anilines is 1. The van der Waals surface area contributed by atoms with Gasteiger partial charge in [-0.2, -0.15) is 0 Å². The fraction of sp³-hybridized carbons (Fsp3) is 0.500. The number of aromatic nitrogens is 1. The molecule has 1 atom stereocenters. The minimum Gasteiger partial charge on any atom is -0.366 e. The number of hydrogen-bond donors (Lipinski definition) is 1. The Labute approximate surface area is 161 Å². The third-order valence-electron chi connectivity index (χ3n) is 5.53. The number of carbonyl (C=O) groups excluding carboxylic acids is 1. The van der Waals surface area contributed by atoms with E-state index in [0.717, 1.165) is 32.1 Å². The highest BCUT2D eigenvalue weighted by atomic mass is 35.5. The van der Waals surface area contributed by atoms with Gasteiger partial charge in [0.05, 0.1) is 27.2 Å². The van der Waals surface area contributed by atoms with Gasteiger partial charge in [-0.25, -0.2) is 4.39 Å². The van der Waals surface area contributed by atoms with Crippen LogP contribution in [0.1, 0.15) is 55.4 Å². The second kappa shape index (κ2) is 6.91. The van der Waals surface area contributed by atoms with E-state index in [-0.39, 0.29) is 33.8 Å². The van der Waals surface area contributed by atoms with Crippen molar-refractivity contribution in [3.63, 3.8) is 0 Å². The van der Waals surface area contributed by atoms with Gasteiger partial charge in [-0.3, -0.25) is 9.59 Å². The predicted molar refractivity (Wildman–Crippen MR) is 105 cm³/mol. The molecule has 2 heterocycles. The summed E-state index contributed by atoms with van der Waals surface area (Å²) in [6.07, 6.45) is 6.31. The third-order valence-corrected chi connectivity index (χ3v) is 5.89. The number of Topliss-reactive ketones (excluding diaryl/α,β-unsaturated/α-hetero) is 1. The largest absolute Gasteiger partial charge is 0.366 e. The smallest absolute Gasteiger partial charge is 0.200 e. The van der Waals surface area contributed by atoms with E-state index in [2.05, 4.69) is 0 Å². The van der Waals surface area contributed by atoms with Crippen molar-refractivity contribution in [2.45, 2.75) is 51.1 Å². The Morgan fingerprint density at radius 2 is 2.04 bits per heavy atom. The van der Waals surface area contributed by atoms with Gasteiger partial charge in [0.1, 0.15) is 5.82 Å². The molecule has 2 aromatic rings. The molecule has 0 amide bonds. The van der Waals surface area contributed by atoms with Crippen molar-refractivity contribution < 1.29 is 9.18 Å². The van der Waals surface area contributed by atoms with Crippen molar-refractivity contribution in [2.75, 3.05) is 18.0 Å². The number of nitrogens with zero attached hydrogens (tertiary/aromatic N) is 2. The van der Waals surface area contributed by atoms with E-state index in [1.807, 2.05) is 9.47 Å². The quantitative estimate of drug-likeness (QED) is 0.811. The summed E-state index contributed by atoms with van der Waals surface area (Å²) in [7, 11) is 0. The lowest BCUT2D eigenvalue weighted by atomic mass is 10.1. The van der Waals surface area contributed by atoms with Crippen LogP contribution in [0.2, 0.25) is 5.02 Å². The van der Waals surface area contributed by atoms with Crippen molar-refractivity contribution in [2.24, 2.45) is 5.73 Å². The van der Waals surface area contributed by atoms with Crippen LogP contribution in [0.25, 0.3) is 10.9 Å². The number of rotatable bonds is 3. The summed E-state index contributed by atoms with van der Waals surface area (Å²) in [5, 5.41) is 0.401. The van der Waals surface area contributed by atoms with Crippen LogP contribution in [0.4, 0.5) is 10.1 Å². The normalized spacial score (nSPS) is 20.7. The number of nitrogens with two attached hydrogens (primary N) is 1. The predicted octanol–water partition coefficient (Wildman–Crippen LogP) is 3.65. The molecule has 1 saturated carbocycles. The minimum absolute atomic E-state index is 0.0376. The maximum atomic E-state index is 15.1. The molecular formula is C20H23ClFN3O2. The molecule has 1 aromatic carbocycles. The molecule has 0 radical (unpaired) electrons. The summed E-state index contributed by atoms with van der Waals surface area (Å²) < 4.78 is 17.0. The maximum Gasteiger partial charge on any atom is 0.200 e. The Kier molecular flexibility index (Phi) is 4.72. The molecule has 0 bridgehead atoms. The van der Waals surface area contributed by atoms with Crippen LogP contribution in [-0.2, 0) is 0 Å². The van der Waals surface area contributed by atoms with Crippen LogP contribution in [0, 0.1) is 5.82 Å². The molecule has 2 aliphatic rings. The molecule has 144 valence electrons. The standard InChI is InChI=1S/C20H23ClFN3O2/c1-11(26)15-10-25(13-5-6-13)18-14(20(15)27)8-16(22)19(17(18)21)24-7-3-2-4-12(23)9-24/h8,10,12-13H,2-7,9,23H2,1H3/t12-/m1/s1. The van der Waals surface area contributed by atoms with Gasteiger partial charge in [0, 0.05) is 31.4 Å². The molecule has 1 aliphatic heterocycles. The number of fused-ring (bicyclic) bond motifs is 1. The Morgan fingerprint density at radius 1 is 1.30 bits per heavy atom. The highest BCUT2D eigenvalue weighted by Crippen LogP contribution is 2.42. The molecule has 1 saturated heterocycles. The SMILES string of the molecule is CC(=O)c1cn(C2CC2)c2c(Cl)c(N3CCCC[C@@H](N)C3)c(F)cc2c1=O. The molecule has 0 spiro atoms. The number of ketones is 1. The van der Waals surface area contributed by atoms with Gasteiger partial charge in [-0.1, -0.05) is 18.0 Å². The minimum atomic E-state index is -0.540. The van der Waals surface area contributed by atoms with Crippen LogP contribution < -0.4 is 16.1 Å². The summed E-state index contributed by atoms with van der Waals surface area (Å²) >= 11 is 6.69. The Balaban J connectivity index is 1.98. The van der Waals surface area contributed by atoms with E-state index < -0.39 is 11.2 Å². The molecule has 2 N–H and O–H groups in total. The van der Waals surface area contributed by atoms with Gasteiger partial charge in [0.25, 0.3) is 0 Å². The van der Waals surface area contributed by atoms with Crippen LogP contribution in [0.15, 0.2) is 17.1 Å². The zero-order chi connectivity index (χ0) is 19.3. The second-order valence-corrected chi connectivity index (χ2v) is 8.06. The zero-order valence-electron chi connectivity index (χ0n) is 15.3. The van der Waals surface area contributed by atoms with Gasteiger partial charge in [0.15, 0.2) is 11.2 Å². The van der Waals surface area contributed by atoms with Crippen LogP contribution in [0.5, 0.6) is 0 Å². The van der Waals surface area contributed by atoms with E-state index in [0.29, 0.717) is 24.3 Å². The van der Waals surface area contributed by atoms with Crippen molar-refractivity contribution >= 4 is 34.0 Å². The average molecular weight is 392 g/mol. The van der Waals surface area contributed by atoms with Gasteiger partial charge in [0.2, 0.25) is 0 Å². The molecule has 1 aliphatic carbocycles. The number of carbonyl (C=O) groups is 1. The Hall–Kier alpha value is -1.92. The van der Waals surface area contributed by atoms with E-state index in [4.69, 9.17) is 17.3 Å². The third kappa shape index (κ3) is 3.25. The lowest BCUT2D eigenvalue weighted by Crippen LogP contribution is -2.36. The molecule has 0 unspecified atom stereocenters. The topological polar surface area (TPSA) is 68.3 Å². The first-order valence-corrected chi connectivity index (χ1v) is 9.84. The summed E-state index contributed by atoms with van der Waals surface area (Å²) in [4.78, 5) is 26.6. The number of hydrogen-bond acceptors (Lipinski definition) is 4. The van der Waals surface area contributed by atoms with Gasteiger partial charge in [-0.05, 0) is 38.7 Å². The van der Waals surface area contributed by atoms with Gasteiger partial charge >= 0.3 is 0 Å². The first-order valence-electron chi connectivity index (χ1n) is 9.46. The lowest BCUT2D eigenvalue weighted by molar-refractivity contribution is 0.101. The van der Waals surface area contributed by atoms with E-state index in [9.17, 15) is 9.59 Å². The molecule has 7 heteroatoms. The van der Waals surface area contributed by atoms with Crippen molar-refractivity contribution in [1.82, 2.24) is 4.57 Å². The highest BCUT2D eigenvalue weighted by molar-refractivity contribution is 6.38.